The van der Waals surface area contributed by atoms with Crippen LogP contribution in [0.25, 0.3) is 27.1 Å². The van der Waals surface area contributed by atoms with Crippen molar-refractivity contribution in [1.29, 1.82) is 0 Å². The zero-order chi connectivity index (χ0) is 31.9. The summed E-state index contributed by atoms with van der Waals surface area (Å²) in [5.74, 6) is 0. The molecule has 0 saturated heterocycles. The molecule has 1 aliphatic rings. The van der Waals surface area contributed by atoms with Crippen LogP contribution in [0.3, 0.4) is 0 Å². The predicted molar refractivity (Wildman–Crippen MR) is 204 cm³/mol. The first-order valence-corrected chi connectivity index (χ1v) is 27.7. The molecule has 5 aromatic rings. The van der Waals surface area contributed by atoms with Crippen molar-refractivity contribution in [3.8, 4) is 0 Å². The van der Waals surface area contributed by atoms with Crippen LogP contribution in [0.1, 0.15) is 23.1 Å². The van der Waals surface area contributed by atoms with E-state index in [9.17, 15) is 0 Å². The number of hydrogen-bond donors (Lipinski definition) is 0. The van der Waals surface area contributed by atoms with Crippen LogP contribution < -0.4 is 15.6 Å². The maximum atomic E-state index is 2.65. The van der Waals surface area contributed by atoms with Crippen LogP contribution in [0.4, 0.5) is 0 Å². The summed E-state index contributed by atoms with van der Waals surface area (Å²) in [5.41, 5.74) is 5.78. The Hall–Kier alpha value is -2.37. The van der Waals surface area contributed by atoms with E-state index in [0.717, 1.165) is 6.42 Å². The quantitative estimate of drug-likeness (QED) is 0.122. The van der Waals surface area contributed by atoms with Crippen LogP contribution in [-0.4, -0.2) is 27.4 Å². The molecule has 0 fully saturated rings. The first-order chi connectivity index (χ1) is 20.7. The molecule has 0 amide bonds. The molecule has 44 heavy (non-hydrogen) atoms. The van der Waals surface area contributed by atoms with Crippen LogP contribution >= 0.6 is 0 Å². The fourth-order valence-electron chi connectivity index (χ4n) is 6.54. The number of benzene rings is 4. The predicted octanol–water partition coefficient (Wildman–Crippen LogP) is 9.49. The van der Waals surface area contributed by atoms with Gasteiger partial charge in [0.15, 0.2) is 0 Å². The third-order valence-electron chi connectivity index (χ3n) is 8.62. The molecule has 4 heteroatoms. The molecule has 6 rings (SSSR count). The first-order valence-electron chi connectivity index (χ1n) is 15.9. The topological polar surface area (TPSA) is 0 Å². The van der Waals surface area contributed by atoms with Gasteiger partial charge in [0, 0.05) is 0 Å². The standard InChI is InChI=1S/C27H37Si3.C13H10.Zr/c1-28(2,3)23-16-12-15-20-17-21-22(25(20)23)18-24(29(4,5)6)27(30(7,8)9)26(21)19-13-10-11-14-19;1-3-7-12(8-4-1)11-13-9-5-2-6-10-13;/h10-13,15-18H,14H2,1-9H3;1-10H;/q-1;;. The summed E-state index contributed by atoms with van der Waals surface area (Å²) in [6, 6.07) is 33.3. The Kier molecular flexibility index (Phi) is 9.60. The molecule has 0 radical (unpaired) electrons. The molecule has 0 nitrogen and oxygen atoms in total. The molecule has 0 heterocycles. The van der Waals surface area contributed by atoms with E-state index in [4.69, 9.17) is 0 Å². The molecule has 0 unspecified atom stereocenters. The molecule has 0 aliphatic heterocycles. The molecule has 0 N–H and O–H groups in total. The Bertz CT molecular complexity index is 1830. The SMILES string of the molecule is C[Si](C)(C)c1cc2c([cH-]c3cccc([Si](C)(C)C)c32)c(C2=CC=CC2)c1[Si](C)(C)C.[Zr]=[C](c1ccccc1)c1ccccc1. The Morgan fingerprint density at radius 2 is 1.23 bits per heavy atom. The van der Waals surface area contributed by atoms with Gasteiger partial charge in [-0.15, -0.1) is 33.7 Å². The van der Waals surface area contributed by atoms with Gasteiger partial charge in [-0.2, -0.15) is 0 Å². The van der Waals surface area contributed by atoms with Gasteiger partial charge in [-0.1, -0.05) is 122 Å². The van der Waals surface area contributed by atoms with Gasteiger partial charge in [0.05, 0.1) is 24.2 Å². The zero-order valence-corrected chi connectivity index (χ0v) is 33.6. The molecule has 5 aromatic carbocycles. The van der Waals surface area contributed by atoms with E-state index in [2.05, 4.69) is 168 Å². The number of rotatable bonds is 6. The third kappa shape index (κ3) is 6.89. The second kappa shape index (κ2) is 12.8. The van der Waals surface area contributed by atoms with E-state index in [0.29, 0.717) is 0 Å². The fourth-order valence-corrected chi connectivity index (χ4v) is 14.6. The van der Waals surface area contributed by atoms with Gasteiger partial charge in [-0.05, 0) is 6.42 Å². The van der Waals surface area contributed by atoms with Crippen LogP contribution in [0.5, 0.6) is 0 Å². The normalized spacial score (nSPS) is 13.6. The molecule has 0 saturated carbocycles. The monoisotopic (exact) mass is 701 g/mol. The van der Waals surface area contributed by atoms with Crippen molar-refractivity contribution in [3.05, 3.63) is 126 Å². The molecule has 0 aromatic heterocycles. The summed E-state index contributed by atoms with van der Waals surface area (Å²) in [5, 5.41) is 11.0. The average Bonchev–Trinajstić information content (AvgIpc) is 3.64. The van der Waals surface area contributed by atoms with Gasteiger partial charge < -0.3 is 0 Å². The van der Waals surface area contributed by atoms with Crippen molar-refractivity contribution in [1.82, 2.24) is 0 Å². The van der Waals surface area contributed by atoms with Gasteiger partial charge in [0.1, 0.15) is 0 Å². The van der Waals surface area contributed by atoms with E-state index in [1.165, 1.54) is 60.3 Å². The van der Waals surface area contributed by atoms with Crippen LogP contribution in [0.15, 0.2) is 109 Å². The first kappa shape index (κ1) is 33.0. The van der Waals surface area contributed by atoms with Gasteiger partial charge in [-0.25, -0.2) is 0 Å². The zero-order valence-electron chi connectivity index (χ0n) is 28.1. The third-order valence-corrected chi connectivity index (χ3v) is 16.3. The molecule has 224 valence electrons. The summed E-state index contributed by atoms with van der Waals surface area (Å²) in [6.45, 7) is 22.7. The summed E-state index contributed by atoms with van der Waals surface area (Å²) in [7, 11) is -4.50. The summed E-state index contributed by atoms with van der Waals surface area (Å²) < 4.78 is 1.42. The van der Waals surface area contributed by atoms with E-state index in [-0.39, 0.29) is 0 Å². The molecular weight excluding hydrogens is 656 g/mol. The maximum absolute atomic E-state index is 2.65. The summed E-state index contributed by atoms with van der Waals surface area (Å²) in [6.07, 6.45) is 8.03. The van der Waals surface area contributed by atoms with Crippen molar-refractivity contribution in [2.24, 2.45) is 0 Å². The Morgan fingerprint density at radius 3 is 1.70 bits per heavy atom. The Labute approximate surface area is 283 Å². The fraction of sp³-hybridized carbons (Fsp3) is 0.250. The minimum absolute atomic E-state index is 1.07. The second-order valence-electron chi connectivity index (χ2n) is 15.2. The molecule has 0 bridgehead atoms. The number of fused-ring (bicyclic) bond motifs is 3. The van der Waals surface area contributed by atoms with Gasteiger partial charge in [0.25, 0.3) is 0 Å². The molecular formula is C40H47Si3Zr-. The van der Waals surface area contributed by atoms with Crippen LogP contribution in [0, 0.1) is 0 Å². The van der Waals surface area contributed by atoms with Crippen molar-refractivity contribution in [3.63, 3.8) is 0 Å². The van der Waals surface area contributed by atoms with Crippen molar-refractivity contribution in [2.75, 3.05) is 0 Å². The van der Waals surface area contributed by atoms with Crippen LogP contribution in [0.2, 0.25) is 58.9 Å². The van der Waals surface area contributed by atoms with Crippen LogP contribution in [-0.2, 0) is 24.2 Å². The van der Waals surface area contributed by atoms with E-state index in [1.807, 2.05) is 0 Å². The van der Waals surface area contributed by atoms with E-state index < -0.39 is 24.2 Å². The Balaban J connectivity index is 0.000000229. The summed E-state index contributed by atoms with van der Waals surface area (Å²) >= 11 is 1.46. The van der Waals surface area contributed by atoms with Gasteiger partial charge >= 0.3 is 99.2 Å². The molecule has 0 atom stereocenters. The minimum atomic E-state index is -1.54. The van der Waals surface area contributed by atoms with Gasteiger partial charge in [0.2, 0.25) is 0 Å². The van der Waals surface area contributed by atoms with E-state index >= 15 is 0 Å². The van der Waals surface area contributed by atoms with Gasteiger partial charge in [-0.3, -0.25) is 0 Å². The molecule has 0 spiro atoms. The Morgan fingerprint density at radius 1 is 0.659 bits per heavy atom. The number of hydrogen-bond acceptors (Lipinski definition) is 0. The summed E-state index contributed by atoms with van der Waals surface area (Å²) in [4.78, 5) is 0. The van der Waals surface area contributed by atoms with E-state index in [1.54, 1.807) is 26.5 Å². The average molecular weight is 703 g/mol. The van der Waals surface area contributed by atoms with Crippen molar-refractivity contribution >= 4 is 70.1 Å². The van der Waals surface area contributed by atoms with Crippen molar-refractivity contribution in [2.45, 2.75) is 65.3 Å². The second-order valence-corrected chi connectivity index (χ2v) is 31.5. The molecule has 1 aliphatic carbocycles. The number of allylic oxidation sites excluding steroid dienone is 4. The van der Waals surface area contributed by atoms with Crippen molar-refractivity contribution < 1.29 is 24.2 Å².